The van der Waals surface area contributed by atoms with Gasteiger partial charge >= 0.3 is 0 Å². The van der Waals surface area contributed by atoms with Crippen molar-refractivity contribution in [3.63, 3.8) is 0 Å². The van der Waals surface area contributed by atoms with E-state index in [9.17, 15) is 22.0 Å². The number of nitrogens with one attached hydrogen (secondary N) is 1. The molecular weight excluding hydrogens is 682 g/mol. The molecule has 4 aromatic heterocycles. The molecule has 1 amide bonds. The summed E-state index contributed by atoms with van der Waals surface area (Å²) in [7, 11) is -0.890. The number of benzene rings is 2. The van der Waals surface area contributed by atoms with Gasteiger partial charge in [-0.25, -0.2) is 31.6 Å². The predicted octanol–water partition coefficient (Wildman–Crippen LogP) is 7.09. The van der Waals surface area contributed by atoms with Gasteiger partial charge < -0.3 is 9.73 Å². The zero-order valence-corrected chi connectivity index (χ0v) is 29.0. The van der Waals surface area contributed by atoms with Gasteiger partial charge in [-0.15, -0.1) is 0 Å². The maximum absolute atomic E-state index is 15.2. The summed E-state index contributed by atoms with van der Waals surface area (Å²) in [5, 5.41) is 3.44. The Bertz CT molecular complexity index is 2620. The first-order valence-electron chi connectivity index (χ1n) is 16.4. The van der Waals surface area contributed by atoms with Crippen LogP contribution in [0, 0.1) is 5.82 Å². The minimum atomic E-state index is -3.80. The van der Waals surface area contributed by atoms with Crippen molar-refractivity contribution in [3.05, 3.63) is 89.5 Å². The topological polar surface area (TPSA) is 113 Å². The molecule has 2 aromatic carbocycles. The largest absolute Gasteiger partial charge is 0.455 e. The number of fused-ring (bicyclic) bond motifs is 6. The lowest BCUT2D eigenvalue weighted by atomic mass is 9.96. The maximum Gasteiger partial charge on any atom is 0.255 e. The number of carbonyl (C=O) groups is 1. The molecule has 1 N–H and O–H groups in total. The van der Waals surface area contributed by atoms with Crippen LogP contribution < -0.4 is 9.62 Å². The standard InChI is InChI=1S/C37H33F3N6O4S/c1-19(45-17-22(39)18-45)36-43-28-13-12-27(42-34(28)31-15-23-26(40)6-5-7-29(23)46(31)36)24-14-25-32(16-30(24)44(3)51(4,48)49)50-35(33(25)37(47)41-2)20-8-10-21(38)11-9-20/h5-8,10,12-16,19,22H,9,11,17-18H2,1-4H3,(H,41,47). The zero-order chi connectivity index (χ0) is 35.9. The van der Waals surface area contributed by atoms with Crippen molar-refractivity contribution in [2.75, 3.05) is 37.7 Å². The number of anilines is 1. The molecule has 1 aliphatic carbocycles. The summed E-state index contributed by atoms with van der Waals surface area (Å²) < 4.78 is 78.2. The zero-order valence-electron chi connectivity index (χ0n) is 28.2. The van der Waals surface area contributed by atoms with Crippen LogP contribution in [-0.4, -0.2) is 73.2 Å². The third-order valence-corrected chi connectivity index (χ3v) is 11.1. The monoisotopic (exact) mass is 714 g/mol. The molecule has 262 valence electrons. The molecular formula is C37H33F3N6O4S. The highest BCUT2D eigenvalue weighted by molar-refractivity contribution is 7.92. The Labute approximate surface area is 290 Å². The molecule has 10 nitrogen and oxygen atoms in total. The fourth-order valence-electron chi connectivity index (χ4n) is 7.04. The van der Waals surface area contributed by atoms with E-state index in [0.717, 1.165) is 10.6 Å². The second-order valence-corrected chi connectivity index (χ2v) is 15.1. The quantitative estimate of drug-likeness (QED) is 0.188. The Morgan fingerprint density at radius 1 is 1.04 bits per heavy atom. The predicted molar refractivity (Wildman–Crippen MR) is 191 cm³/mol. The van der Waals surface area contributed by atoms with Crippen molar-refractivity contribution in [3.8, 4) is 11.3 Å². The van der Waals surface area contributed by atoms with Crippen molar-refractivity contribution < 1.29 is 30.8 Å². The van der Waals surface area contributed by atoms with E-state index in [-0.39, 0.29) is 54.0 Å². The van der Waals surface area contributed by atoms with Crippen molar-refractivity contribution in [1.29, 1.82) is 0 Å². The maximum atomic E-state index is 15.2. The van der Waals surface area contributed by atoms with Gasteiger partial charge in [0.15, 0.2) is 0 Å². The number of pyridine rings is 1. The summed E-state index contributed by atoms with van der Waals surface area (Å²) >= 11 is 0. The summed E-state index contributed by atoms with van der Waals surface area (Å²) in [6.07, 6.45) is 3.54. The fraction of sp³-hybridized carbons (Fsp3) is 0.270. The third-order valence-electron chi connectivity index (χ3n) is 9.92. The molecule has 1 atom stereocenters. The average Bonchev–Trinajstić information content (AvgIpc) is 3.68. The lowest BCUT2D eigenvalue weighted by Gasteiger charge is -2.38. The number of aromatic nitrogens is 3. The van der Waals surface area contributed by atoms with Crippen molar-refractivity contribution >= 4 is 65.6 Å². The van der Waals surface area contributed by atoms with Crippen LogP contribution in [0.2, 0.25) is 0 Å². The number of nitrogens with zero attached hydrogens (tertiary/aromatic N) is 5. The van der Waals surface area contributed by atoms with Gasteiger partial charge in [-0.3, -0.25) is 18.4 Å². The molecule has 1 saturated heterocycles. The van der Waals surface area contributed by atoms with Crippen LogP contribution in [0.4, 0.5) is 18.9 Å². The summed E-state index contributed by atoms with van der Waals surface area (Å²) in [6.45, 7) is 2.48. The number of hydrogen-bond donors (Lipinski definition) is 1. The van der Waals surface area contributed by atoms with Gasteiger partial charge in [0.25, 0.3) is 5.91 Å². The second kappa shape index (κ2) is 11.9. The fourth-order valence-corrected chi connectivity index (χ4v) is 7.55. The number of likely N-dealkylation sites (tertiary alicyclic amines) is 1. The molecule has 0 spiro atoms. The number of hydrogen-bond acceptors (Lipinski definition) is 7. The number of amides is 1. The molecule has 8 rings (SSSR count). The van der Waals surface area contributed by atoms with Crippen LogP contribution in [0.3, 0.4) is 0 Å². The molecule has 14 heteroatoms. The van der Waals surface area contributed by atoms with E-state index in [0.29, 0.717) is 61.9 Å². The Morgan fingerprint density at radius 2 is 1.82 bits per heavy atom. The molecule has 2 aliphatic rings. The summed E-state index contributed by atoms with van der Waals surface area (Å²) in [6, 6.07) is 12.9. The lowest BCUT2D eigenvalue weighted by molar-refractivity contribution is 0.0300. The molecule has 6 aromatic rings. The normalized spacial score (nSPS) is 16.5. The molecule has 0 bridgehead atoms. The van der Waals surface area contributed by atoms with E-state index in [1.54, 1.807) is 48.5 Å². The SMILES string of the molecule is CNC(=O)c1c(C2=CC=C(F)CC2)oc2cc(N(C)S(C)(=O)=O)c(-c3ccc4nc(C(C)N5CC(F)C5)n5c6cccc(F)c6cc5c4n3)cc12. The molecule has 0 saturated carbocycles. The van der Waals surface area contributed by atoms with E-state index in [1.165, 1.54) is 26.2 Å². The van der Waals surface area contributed by atoms with Crippen LogP contribution in [0.1, 0.15) is 47.7 Å². The van der Waals surface area contributed by atoms with E-state index in [4.69, 9.17) is 14.4 Å². The summed E-state index contributed by atoms with van der Waals surface area (Å²) in [4.78, 5) is 25.3. The molecule has 1 aliphatic heterocycles. The molecule has 0 radical (unpaired) electrons. The van der Waals surface area contributed by atoms with Crippen LogP contribution in [0.5, 0.6) is 0 Å². The molecule has 5 heterocycles. The van der Waals surface area contributed by atoms with Gasteiger partial charge in [0, 0.05) is 56.0 Å². The number of furan rings is 1. The van der Waals surface area contributed by atoms with Gasteiger partial charge in [0.05, 0.1) is 45.8 Å². The summed E-state index contributed by atoms with van der Waals surface area (Å²) in [5.74, 6) is -0.266. The van der Waals surface area contributed by atoms with E-state index in [2.05, 4.69) is 5.32 Å². The molecule has 1 fully saturated rings. The highest BCUT2D eigenvalue weighted by Gasteiger charge is 2.34. The first-order chi connectivity index (χ1) is 24.3. The van der Waals surface area contributed by atoms with E-state index < -0.39 is 27.9 Å². The van der Waals surface area contributed by atoms with Crippen molar-refractivity contribution in [1.82, 2.24) is 24.6 Å². The van der Waals surface area contributed by atoms with Crippen molar-refractivity contribution in [2.45, 2.75) is 32.0 Å². The first kappa shape index (κ1) is 33.0. The van der Waals surface area contributed by atoms with Crippen LogP contribution >= 0.6 is 0 Å². The Balaban J connectivity index is 1.40. The lowest BCUT2D eigenvalue weighted by Crippen LogP contribution is -2.49. The number of alkyl halides is 1. The van der Waals surface area contributed by atoms with Gasteiger partial charge in [0.2, 0.25) is 10.0 Å². The van der Waals surface area contributed by atoms with Gasteiger partial charge in [-0.1, -0.05) is 12.1 Å². The van der Waals surface area contributed by atoms with Crippen LogP contribution in [0.15, 0.2) is 70.9 Å². The van der Waals surface area contributed by atoms with E-state index >= 15 is 4.39 Å². The van der Waals surface area contributed by atoms with Gasteiger partial charge in [-0.2, -0.15) is 0 Å². The van der Waals surface area contributed by atoms with Gasteiger partial charge in [-0.05, 0) is 61.4 Å². The Hall–Kier alpha value is -5.21. The molecule has 51 heavy (non-hydrogen) atoms. The van der Waals surface area contributed by atoms with Gasteiger partial charge in [0.1, 0.15) is 40.5 Å². The smallest absolute Gasteiger partial charge is 0.255 e. The number of sulfonamides is 1. The molecule has 1 unspecified atom stereocenters. The second-order valence-electron chi connectivity index (χ2n) is 13.1. The number of carbonyl (C=O) groups excluding carboxylic acids is 1. The first-order valence-corrected chi connectivity index (χ1v) is 18.3. The van der Waals surface area contributed by atoms with Crippen molar-refractivity contribution in [2.24, 2.45) is 0 Å². The minimum absolute atomic E-state index is 0.153. The Morgan fingerprint density at radius 3 is 2.51 bits per heavy atom. The van der Waals surface area contributed by atoms with Crippen LogP contribution in [-0.2, 0) is 10.0 Å². The average molecular weight is 715 g/mol. The summed E-state index contributed by atoms with van der Waals surface area (Å²) in [5.41, 5.74) is 4.18. The highest BCUT2D eigenvalue weighted by atomic mass is 32.2. The minimum Gasteiger partial charge on any atom is -0.455 e. The Kier molecular flexibility index (Phi) is 7.72. The third kappa shape index (κ3) is 5.35. The van der Waals surface area contributed by atoms with Crippen LogP contribution in [0.25, 0.3) is 55.3 Å². The number of halogens is 3. The van der Waals surface area contributed by atoms with E-state index in [1.807, 2.05) is 16.2 Å². The number of rotatable bonds is 7. The highest BCUT2D eigenvalue weighted by Crippen LogP contribution is 2.42. The number of allylic oxidation sites excluding steroid dienone is 4.